The van der Waals surface area contributed by atoms with Gasteiger partial charge in [-0.2, -0.15) is 5.26 Å². The SMILES string of the molecule is CC(C)NC(C#N)(CSc1ncc[nH]1)C1CC1. The first kappa shape index (κ1) is 12.5. The van der Waals surface area contributed by atoms with Crippen LogP contribution < -0.4 is 5.32 Å². The zero-order chi connectivity index (χ0) is 12.3. The van der Waals surface area contributed by atoms with E-state index in [2.05, 4.69) is 35.2 Å². The van der Waals surface area contributed by atoms with Crippen molar-refractivity contribution in [2.45, 2.75) is 43.4 Å². The number of nitriles is 1. The van der Waals surface area contributed by atoms with E-state index in [4.69, 9.17) is 0 Å². The van der Waals surface area contributed by atoms with Gasteiger partial charge in [0.05, 0.1) is 6.07 Å². The van der Waals surface area contributed by atoms with Gasteiger partial charge in [-0.05, 0) is 32.6 Å². The summed E-state index contributed by atoms with van der Waals surface area (Å²) in [6.07, 6.45) is 5.87. The lowest BCUT2D eigenvalue weighted by atomic mass is 9.96. The Kier molecular flexibility index (Phi) is 3.75. The van der Waals surface area contributed by atoms with Gasteiger partial charge in [-0.1, -0.05) is 11.8 Å². The molecule has 0 saturated heterocycles. The molecular weight excluding hydrogens is 232 g/mol. The van der Waals surface area contributed by atoms with E-state index in [0.29, 0.717) is 12.0 Å². The molecule has 1 fully saturated rings. The first-order valence-corrected chi connectivity index (χ1v) is 6.96. The van der Waals surface area contributed by atoms with Gasteiger partial charge in [-0.25, -0.2) is 4.98 Å². The number of hydrogen-bond acceptors (Lipinski definition) is 4. The maximum atomic E-state index is 9.51. The molecule has 92 valence electrons. The first-order chi connectivity index (χ1) is 8.16. The smallest absolute Gasteiger partial charge is 0.165 e. The Morgan fingerprint density at radius 2 is 2.47 bits per heavy atom. The third kappa shape index (κ3) is 3.02. The lowest BCUT2D eigenvalue weighted by molar-refractivity contribution is 0.370. The summed E-state index contributed by atoms with van der Waals surface area (Å²) in [5.74, 6) is 1.25. The molecular formula is C12H18N4S. The largest absolute Gasteiger partial charge is 0.340 e. The van der Waals surface area contributed by atoms with Gasteiger partial charge in [-0.3, -0.25) is 5.32 Å². The quantitative estimate of drug-likeness (QED) is 0.759. The second kappa shape index (κ2) is 5.11. The Labute approximate surface area is 106 Å². The second-order valence-corrected chi connectivity index (χ2v) is 5.80. The number of nitrogens with one attached hydrogen (secondary N) is 2. The highest BCUT2D eigenvalue weighted by molar-refractivity contribution is 7.99. The number of H-pyrrole nitrogens is 1. The third-order valence-electron chi connectivity index (χ3n) is 2.93. The molecule has 1 aromatic rings. The minimum Gasteiger partial charge on any atom is -0.340 e. The molecule has 0 aromatic carbocycles. The monoisotopic (exact) mass is 250 g/mol. The van der Waals surface area contributed by atoms with Gasteiger partial charge in [0.25, 0.3) is 0 Å². The zero-order valence-corrected chi connectivity index (χ0v) is 11.0. The maximum absolute atomic E-state index is 9.51. The van der Waals surface area contributed by atoms with Crippen LogP contribution in [-0.2, 0) is 0 Å². The predicted molar refractivity (Wildman–Crippen MR) is 68.7 cm³/mol. The van der Waals surface area contributed by atoms with Crippen molar-refractivity contribution < 1.29 is 0 Å². The van der Waals surface area contributed by atoms with Gasteiger partial charge in [-0.15, -0.1) is 0 Å². The van der Waals surface area contributed by atoms with Crippen LogP contribution in [0.25, 0.3) is 0 Å². The fourth-order valence-electron chi connectivity index (χ4n) is 2.04. The summed E-state index contributed by atoms with van der Waals surface area (Å²) in [5, 5.41) is 13.8. The molecule has 1 aliphatic carbocycles. The predicted octanol–water partition coefficient (Wildman–Crippen LogP) is 2.17. The van der Waals surface area contributed by atoms with E-state index in [0.717, 1.165) is 23.8 Å². The van der Waals surface area contributed by atoms with Gasteiger partial charge in [0, 0.05) is 24.2 Å². The van der Waals surface area contributed by atoms with E-state index in [1.54, 1.807) is 18.0 Å². The molecule has 0 aliphatic heterocycles. The third-order valence-corrected chi connectivity index (χ3v) is 4.03. The number of nitrogens with zero attached hydrogens (tertiary/aromatic N) is 2. The molecule has 0 spiro atoms. The van der Waals surface area contributed by atoms with Crippen LogP contribution in [0.1, 0.15) is 26.7 Å². The average molecular weight is 250 g/mol. The van der Waals surface area contributed by atoms with E-state index in [9.17, 15) is 5.26 Å². The van der Waals surface area contributed by atoms with Crippen molar-refractivity contribution >= 4 is 11.8 Å². The average Bonchev–Trinajstić information content (AvgIpc) is 3.02. The van der Waals surface area contributed by atoms with Crippen LogP contribution in [0.5, 0.6) is 0 Å². The first-order valence-electron chi connectivity index (χ1n) is 5.97. The molecule has 0 radical (unpaired) electrons. The number of aromatic nitrogens is 2. The van der Waals surface area contributed by atoms with Crippen molar-refractivity contribution in [2.75, 3.05) is 5.75 Å². The number of thioether (sulfide) groups is 1. The molecule has 2 rings (SSSR count). The van der Waals surface area contributed by atoms with Gasteiger partial charge in [0.2, 0.25) is 0 Å². The molecule has 5 heteroatoms. The fourth-order valence-corrected chi connectivity index (χ4v) is 3.07. The van der Waals surface area contributed by atoms with Crippen LogP contribution in [0, 0.1) is 17.2 Å². The van der Waals surface area contributed by atoms with Gasteiger partial charge >= 0.3 is 0 Å². The van der Waals surface area contributed by atoms with E-state index < -0.39 is 5.54 Å². The molecule has 0 amide bonds. The van der Waals surface area contributed by atoms with Crippen molar-refractivity contribution in [3.05, 3.63) is 12.4 Å². The number of rotatable bonds is 6. The van der Waals surface area contributed by atoms with Crippen LogP contribution in [0.3, 0.4) is 0 Å². The Bertz CT molecular complexity index is 391. The minimum absolute atomic E-state index is 0.326. The summed E-state index contributed by atoms with van der Waals surface area (Å²) in [5.41, 5.74) is -0.397. The van der Waals surface area contributed by atoms with Crippen molar-refractivity contribution in [3.63, 3.8) is 0 Å². The summed E-state index contributed by atoms with van der Waals surface area (Å²) in [6, 6.07) is 2.82. The van der Waals surface area contributed by atoms with Crippen LogP contribution >= 0.6 is 11.8 Å². The van der Waals surface area contributed by atoms with Crippen LogP contribution in [0.2, 0.25) is 0 Å². The standard InChI is InChI=1S/C12H18N4S/c1-9(2)16-12(7-13,10-3-4-10)8-17-11-14-5-6-15-11/h5-6,9-10,16H,3-4,8H2,1-2H3,(H,14,15). The Hall–Kier alpha value is -0.990. The van der Waals surface area contributed by atoms with Crippen molar-refractivity contribution in [3.8, 4) is 6.07 Å². The molecule has 0 bridgehead atoms. The minimum atomic E-state index is -0.397. The molecule has 1 aromatic heterocycles. The Balaban J connectivity index is 2.02. The summed E-state index contributed by atoms with van der Waals surface area (Å²) in [4.78, 5) is 7.24. The van der Waals surface area contributed by atoms with Gasteiger partial charge in [0.15, 0.2) is 5.16 Å². The molecule has 1 aliphatic rings. The highest BCUT2D eigenvalue weighted by atomic mass is 32.2. The van der Waals surface area contributed by atoms with Gasteiger partial charge in [0.1, 0.15) is 5.54 Å². The molecule has 1 unspecified atom stereocenters. The highest BCUT2D eigenvalue weighted by Crippen LogP contribution is 2.42. The van der Waals surface area contributed by atoms with Crippen LogP contribution in [-0.4, -0.2) is 27.3 Å². The normalized spacial score (nSPS) is 18.9. The lowest BCUT2D eigenvalue weighted by Gasteiger charge is -2.29. The maximum Gasteiger partial charge on any atom is 0.165 e. The molecule has 1 saturated carbocycles. The molecule has 1 atom stereocenters. The Morgan fingerprint density at radius 1 is 1.71 bits per heavy atom. The fraction of sp³-hybridized carbons (Fsp3) is 0.667. The summed E-state index contributed by atoms with van der Waals surface area (Å²) in [6.45, 7) is 4.18. The van der Waals surface area contributed by atoms with E-state index in [1.807, 2.05) is 6.20 Å². The summed E-state index contributed by atoms with van der Waals surface area (Å²) in [7, 11) is 0. The van der Waals surface area contributed by atoms with E-state index in [-0.39, 0.29) is 0 Å². The van der Waals surface area contributed by atoms with Crippen molar-refractivity contribution in [1.29, 1.82) is 5.26 Å². The van der Waals surface area contributed by atoms with Crippen molar-refractivity contribution in [1.82, 2.24) is 15.3 Å². The highest BCUT2D eigenvalue weighted by Gasteiger charge is 2.46. The van der Waals surface area contributed by atoms with Gasteiger partial charge < -0.3 is 4.98 Å². The topological polar surface area (TPSA) is 64.5 Å². The number of hydrogen-bond donors (Lipinski definition) is 2. The molecule has 4 nitrogen and oxygen atoms in total. The van der Waals surface area contributed by atoms with E-state index >= 15 is 0 Å². The van der Waals surface area contributed by atoms with E-state index in [1.165, 1.54) is 0 Å². The van der Waals surface area contributed by atoms with Crippen LogP contribution in [0.15, 0.2) is 17.6 Å². The molecule has 1 heterocycles. The van der Waals surface area contributed by atoms with Crippen LogP contribution in [0.4, 0.5) is 0 Å². The molecule has 17 heavy (non-hydrogen) atoms. The number of aromatic amines is 1. The second-order valence-electron chi connectivity index (χ2n) is 4.84. The number of imidazole rings is 1. The summed E-state index contributed by atoms with van der Waals surface area (Å²) >= 11 is 1.62. The lowest BCUT2D eigenvalue weighted by Crippen LogP contribution is -2.51. The summed E-state index contributed by atoms with van der Waals surface area (Å²) < 4.78 is 0. The molecule has 2 N–H and O–H groups in total. The zero-order valence-electron chi connectivity index (χ0n) is 10.2. The van der Waals surface area contributed by atoms with Crippen molar-refractivity contribution in [2.24, 2.45) is 5.92 Å². The Morgan fingerprint density at radius 3 is 2.94 bits per heavy atom.